The molecule has 1 aromatic rings. The van der Waals surface area contributed by atoms with Gasteiger partial charge in [-0.05, 0) is 49.5 Å². The fourth-order valence-corrected chi connectivity index (χ4v) is 2.69. The van der Waals surface area contributed by atoms with Gasteiger partial charge in [-0.2, -0.15) is 0 Å². The Kier molecular flexibility index (Phi) is 5.63. The fourth-order valence-electron chi connectivity index (χ4n) is 2.53. The van der Waals surface area contributed by atoms with Gasteiger partial charge in [0.15, 0.2) is 5.78 Å². The predicted octanol–water partition coefficient (Wildman–Crippen LogP) is 5.26. The summed E-state index contributed by atoms with van der Waals surface area (Å²) in [5, 5.41) is 0.783. The summed E-state index contributed by atoms with van der Waals surface area (Å²) in [7, 11) is 0. The van der Waals surface area contributed by atoms with Gasteiger partial charge in [0.25, 0.3) is 0 Å². The second-order valence-electron chi connectivity index (χ2n) is 5.85. The molecule has 1 saturated carbocycles. The zero-order chi connectivity index (χ0) is 15.4. The molecule has 3 heteroatoms. The second-order valence-corrected chi connectivity index (χ2v) is 6.64. The lowest BCUT2D eigenvalue weighted by Crippen LogP contribution is -2.12. The van der Waals surface area contributed by atoms with Crippen molar-refractivity contribution in [1.82, 2.24) is 0 Å². The van der Waals surface area contributed by atoms with Crippen LogP contribution >= 0.6 is 15.9 Å². The SMILES string of the molecule is CC(=C1CCC1)c1ccc(OCCBr)cc1C(=O)C(C)C. The van der Waals surface area contributed by atoms with Crippen molar-refractivity contribution < 1.29 is 9.53 Å². The van der Waals surface area contributed by atoms with Gasteiger partial charge in [-0.1, -0.05) is 41.4 Å². The van der Waals surface area contributed by atoms with Crippen LogP contribution in [0.1, 0.15) is 56.0 Å². The van der Waals surface area contributed by atoms with Crippen molar-refractivity contribution >= 4 is 27.3 Å². The summed E-state index contributed by atoms with van der Waals surface area (Å²) in [4.78, 5) is 12.5. The van der Waals surface area contributed by atoms with Crippen LogP contribution in [-0.4, -0.2) is 17.7 Å². The molecule has 0 spiro atoms. The molecule has 0 aromatic heterocycles. The van der Waals surface area contributed by atoms with Gasteiger partial charge in [-0.3, -0.25) is 4.79 Å². The minimum Gasteiger partial charge on any atom is -0.493 e. The van der Waals surface area contributed by atoms with Crippen LogP contribution in [0.15, 0.2) is 23.8 Å². The molecule has 114 valence electrons. The van der Waals surface area contributed by atoms with E-state index < -0.39 is 0 Å². The molecule has 2 rings (SSSR count). The molecular weight excluding hydrogens is 328 g/mol. The minimum absolute atomic E-state index is 0.00522. The largest absolute Gasteiger partial charge is 0.493 e. The van der Waals surface area contributed by atoms with Gasteiger partial charge in [0.05, 0.1) is 6.61 Å². The molecular formula is C18H23BrO2. The van der Waals surface area contributed by atoms with Crippen molar-refractivity contribution in [2.75, 3.05) is 11.9 Å². The Morgan fingerprint density at radius 2 is 2.00 bits per heavy atom. The first-order chi connectivity index (χ1) is 10.0. The van der Waals surface area contributed by atoms with E-state index in [1.807, 2.05) is 32.0 Å². The molecule has 0 saturated heterocycles. The third-order valence-electron chi connectivity index (χ3n) is 4.02. The lowest BCUT2D eigenvalue weighted by atomic mass is 9.83. The monoisotopic (exact) mass is 350 g/mol. The molecule has 1 aliphatic carbocycles. The first-order valence-electron chi connectivity index (χ1n) is 7.60. The Hall–Kier alpha value is -1.09. The molecule has 0 heterocycles. The maximum atomic E-state index is 12.5. The average Bonchev–Trinajstić information content (AvgIpc) is 2.41. The second kappa shape index (κ2) is 7.26. The number of carbonyl (C=O) groups excluding carboxylic acids is 1. The average molecular weight is 351 g/mol. The van der Waals surface area contributed by atoms with Crippen molar-refractivity contribution in [1.29, 1.82) is 0 Å². The number of hydrogen-bond acceptors (Lipinski definition) is 2. The third kappa shape index (κ3) is 3.76. The summed E-state index contributed by atoms with van der Waals surface area (Å²) in [6, 6.07) is 5.92. The topological polar surface area (TPSA) is 26.3 Å². The highest BCUT2D eigenvalue weighted by atomic mass is 79.9. The van der Waals surface area contributed by atoms with Crippen LogP contribution in [0.3, 0.4) is 0 Å². The van der Waals surface area contributed by atoms with Gasteiger partial charge in [-0.15, -0.1) is 0 Å². The van der Waals surface area contributed by atoms with Crippen LogP contribution < -0.4 is 4.74 Å². The van der Waals surface area contributed by atoms with E-state index in [0.29, 0.717) is 6.61 Å². The summed E-state index contributed by atoms with van der Waals surface area (Å²) in [6.07, 6.45) is 3.61. The van der Waals surface area contributed by atoms with Crippen LogP contribution in [0.5, 0.6) is 5.75 Å². The summed E-state index contributed by atoms with van der Waals surface area (Å²) in [5.74, 6) is 0.955. The zero-order valence-electron chi connectivity index (χ0n) is 13.0. The number of benzene rings is 1. The van der Waals surface area contributed by atoms with Crippen LogP contribution in [-0.2, 0) is 0 Å². The summed E-state index contributed by atoms with van der Waals surface area (Å²) < 4.78 is 5.65. The number of carbonyl (C=O) groups is 1. The number of Topliss-reactive ketones (excluding diaryl/α,β-unsaturated/α-hetero) is 1. The van der Waals surface area contributed by atoms with E-state index >= 15 is 0 Å². The fraction of sp³-hybridized carbons (Fsp3) is 0.500. The molecule has 0 atom stereocenters. The molecule has 21 heavy (non-hydrogen) atoms. The van der Waals surface area contributed by atoms with Crippen LogP contribution in [0, 0.1) is 5.92 Å². The summed E-state index contributed by atoms with van der Waals surface area (Å²) >= 11 is 3.35. The van der Waals surface area contributed by atoms with E-state index in [4.69, 9.17) is 4.74 Å². The number of ketones is 1. The van der Waals surface area contributed by atoms with Crippen molar-refractivity contribution in [2.24, 2.45) is 5.92 Å². The highest BCUT2D eigenvalue weighted by Crippen LogP contribution is 2.35. The third-order valence-corrected chi connectivity index (χ3v) is 4.34. The van der Waals surface area contributed by atoms with E-state index in [2.05, 4.69) is 22.9 Å². The van der Waals surface area contributed by atoms with Gasteiger partial charge >= 0.3 is 0 Å². The van der Waals surface area contributed by atoms with Crippen molar-refractivity contribution in [3.05, 3.63) is 34.9 Å². The van der Waals surface area contributed by atoms with Gasteiger partial charge in [0, 0.05) is 16.8 Å². The van der Waals surface area contributed by atoms with E-state index in [1.54, 1.807) is 0 Å². The first-order valence-corrected chi connectivity index (χ1v) is 8.72. The molecule has 0 aliphatic heterocycles. The van der Waals surface area contributed by atoms with Gasteiger partial charge in [0.2, 0.25) is 0 Å². The van der Waals surface area contributed by atoms with E-state index in [-0.39, 0.29) is 11.7 Å². The van der Waals surface area contributed by atoms with E-state index in [0.717, 1.165) is 22.2 Å². The summed E-state index contributed by atoms with van der Waals surface area (Å²) in [6.45, 7) is 6.64. The molecule has 1 aromatic carbocycles. The van der Waals surface area contributed by atoms with Crippen LogP contribution in [0.2, 0.25) is 0 Å². The van der Waals surface area contributed by atoms with Crippen molar-refractivity contribution in [3.8, 4) is 5.75 Å². The molecule has 1 aliphatic rings. The van der Waals surface area contributed by atoms with Crippen molar-refractivity contribution in [3.63, 3.8) is 0 Å². The van der Waals surface area contributed by atoms with Crippen molar-refractivity contribution in [2.45, 2.75) is 40.0 Å². The lowest BCUT2D eigenvalue weighted by molar-refractivity contribution is 0.0938. The molecule has 0 amide bonds. The normalized spacial score (nSPS) is 14.0. The van der Waals surface area contributed by atoms with Crippen LogP contribution in [0.4, 0.5) is 0 Å². The smallest absolute Gasteiger partial charge is 0.166 e. The van der Waals surface area contributed by atoms with E-state index in [1.165, 1.54) is 30.4 Å². The Morgan fingerprint density at radius 1 is 1.29 bits per heavy atom. The number of halogens is 1. The van der Waals surface area contributed by atoms with Gasteiger partial charge < -0.3 is 4.74 Å². The predicted molar refractivity (Wildman–Crippen MR) is 91.3 cm³/mol. The first kappa shape index (κ1) is 16.3. The Labute approximate surface area is 135 Å². The number of rotatable bonds is 6. The van der Waals surface area contributed by atoms with Crippen LogP contribution in [0.25, 0.3) is 5.57 Å². The van der Waals surface area contributed by atoms with Gasteiger partial charge in [0.1, 0.15) is 5.75 Å². The maximum absolute atomic E-state index is 12.5. The van der Waals surface area contributed by atoms with E-state index in [9.17, 15) is 4.79 Å². The number of allylic oxidation sites excluding steroid dienone is 2. The standard InChI is InChI=1S/C18H23BrO2/c1-12(2)18(20)17-11-15(21-10-9-19)7-8-16(17)13(3)14-5-4-6-14/h7-8,11-12H,4-6,9-10H2,1-3H3. The molecule has 0 bridgehead atoms. The highest BCUT2D eigenvalue weighted by Gasteiger charge is 2.20. The number of ether oxygens (including phenoxy) is 1. The minimum atomic E-state index is -0.00522. The molecule has 1 fully saturated rings. The quantitative estimate of drug-likeness (QED) is 0.516. The Bertz CT molecular complexity index is 552. The maximum Gasteiger partial charge on any atom is 0.166 e. The molecule has 2 nitrogen and oxygen atoms in total. The summed E-state index contributed by atoms with van der Waals surface area (Å²) in [5.41, 5.74) is 4.64. The molecule has 0 N–H and O–H groups in total. The lowest BCUT2D eigenvalue weighted by Gasteiger charge is -2.22. The number of alkyl halides is 1. The highest BCUT2D eigenvalue weighted by molar-refractivity contribution is 9.09. The molecule has 0 unspecified atom stereocenters. The Morgan fingerprint density at radius 3 is 2.52 bits per heavy atom. The zero-order valence-corrected chi connectivity index (χ0v) is 14.6. The van der Waals surface area contributed by atoms with Gasteiger partial charge in [-0.25, -0.2) is 0 Å². The Balaban J connectivity index is 2.41. The number of hydrogen-bond donors (Lipinski definition) is 0. The molecule has 0 radical (unpaired) electrons.